The first-order valence-electron chi connectivity index (χ1n) is 4.05. The second kappa shape index (κ2) is 3.28. The predicted molar refractivity (Wildman–Crippen MR) is 39.7 cm³/mol. The van der Waals surface area contributed by atoms with Crippen molar-refractivity contribution in [2.24, 2.45) is 5.90 Å². The van der Waals surface area contributed by atoms with Gasteiger partial charge in [0.2, 0.25) is 0 Å². The summed E-state index contributed by atoms with van der Waals surface area (Å²) in [5, 5.41) is 8.83. The minimum absolute atomic E-state index is 0.408. The van der Waals surface area contributed by atoms with E-state index >= 15 is 0 Å². The van der Waals surface area contributed by atoms with Crippen molar-refractivity contribution >= 4 is 11.8 Å². The molecule has 4 unspecified atom stereocenters. The number of hydrogen-bond acceptors (Lipinski definition) is 7. The van der Waals surface area contributed by atoms with Crippen LogP contribution in [0.15, 0.2) is 0 Å². The monoisotopic (exact) mass is 203 g/mol. The molecule has 2 rings (SSSR count). The number of aliphatic hydroxyl groups is 1. The van der Waals surface area contributed by atoms with E-state index in [1.54, 1.807) is 0 Å². The summed E-state index contributed by atoms with van der Waals surface area (Å²) < 4.78 is 9.63. The largest absolute Gasteiger partial charge is 0.451 e. The number of carbonyl (C=O) groups excluding carboxylic acids is 2. The van der Waals surface area contributed by atoms with Gasteiger partial charge in [-0.15, -0.1) is 0 Å². The van der Waals surface area contributed by atoms with E-state index in [1.807, 2.05) is 0 Å². The third-order valence-corrected chi connectivity index (χ3v) is 2.27. The van der Waals surface area contributed by atoms with E-state index in [0.717, 1.165) is 0 Å². The number of nitrogens with two attached hydrogens (primary N) is 1. The second-order valence-corrected chi connectivity index (χ2v) is 3.11. The number of rotatable bonds is 3. The molecule has 14 heavy (non-hydrogen) atoms. The quantitative estimate of drug-likeness (QED) is 0.225. The molecule has 2 fully saturated rings. The first-order chi connectivity index (χ1) is 6.69. The highest BCUT2D eigenvalue weighted by molar-refractivity contribution is 6.37. The molecular weight excluding hydrogens is 194 g/mol. The molecule has 0 bridgehead atoms. The summed E-state index contributed by atoms with van der Waals surface area (Å²) in [5.74, 6) is 3.22. The van der Waals surface area contributed by atoms with E-state index in [0.29, 0.717) is 0 Å². The summed E-state index contributed by atoms with van der Waals surface area (Å²) in [7, 11) is 0. The van der Waals surface area contributed by atoms with Gasteiger partial charge >= 0.3 is 5.97 Å². The zero-order valence-electron chi connectivity index (χ0n) is 7.08. The Morgan fingerprint density at radius 1 is 1.57 bits per heavy atom. The van der Waals surface area contributed by atoms with Crippen LogP contribution in [0.5, 0.6) is 0 Å². The zero-order chi connectivity index (χ0) is 10.3. The fourth-order valence-electron chi connectivity index (χ4n) is 1.46. The standard InChI is InChI=1S/C7H9NO6/c8-14-2(1-9)4-6-5(12-6)3(10)7(11)13-4/h2,4-6,9H,1,8H2. The molecule has 78 valence electrons. The maximum Gasteiger partial charge on any atom is 0.378 e. The average molecular weight is 203 g/mol. The molecule has 0 aliphatic carbocycles. The van der Waals surface area contributed by atoms with Gasteiger partial charge in [-0.05, 0) is 0 Å². The molecule has 0 aromatic carbocycles. The van der Waals surface area contributed by atoms with Crippen molar-refractivity contribution in [2.75, 3.05) is 6.61 Å². The van der Waals surface area contributed by atoms with Gasteiger partial charge in [0.25, 0.3) is 5.78 Å². The van der Waals surface area contributed by atoms with Gasteiger partial charge in [-0.3, -0.25) is 9.63 Å². The highest BCUT2D eigenvalue weighted by atomic mass is 16.7. The molecule has 0 amide bonds. The summed E-state index contributed by atoms with van der Waals surface area (Å²) in [6, 6.07) is 0. The lowest BCUT2D eigenvalue weighted by atomic mass is 10.0. The summed E-state index contributed by atoms with van der Waals surface area (Å²) in [5.41, 5.74) is 0. The maximum absolute atomic E-state index is 11.0. The molecule has 7 heteroatoms. The van der Waals surface area contributed by atoms with E-state index < -0.39 is 42.8 Å². The van der Waals surface area contributed by atoms with Gasteiger partial charge in [0.05, 0.1) is 6.61 Å². The van der Waals surface area contributed by atoms with Crippen LogP contribution in [-0.2, 0) is 23.9 Å². The van der Waals surface area contributed by atoms with Crippen LogP contribution in [0.4, 0.5) is 0 Å². The van der Waals surface area contributed by atoms with Crippen LogP contribution in [0.1, 0.15) is 0 Å². The van der Waals surface area contributed by atoms with Crippen molar-refractivity contribution in [3.8, 4) is 0 Å². The molecule has 2 saturated heterocycles. The Morgan fingerprint density at radius 2 is 2.29 bits per heavy atom. The van der Waals surface area contributed by atoms with Crippen molar-refractivity contribution in [2.45, 2.75) is 24.4 Å². The zero-order valence-corrected chi connectivity index (χ0v) is 7.08. The summed E-state index contributed by atoms with van der Waals surface area (Å²) in [6.45, 7) is -0.408. The predicted octanol–water partition coefficient (Wildman–Crippen LogP) is -2.50. The van der Waals surface area contributed by atoms with Crippen molar-refractivity contribution in [3.63, 3.8) is 0 Å². The van der Waals surface area contributed by atoms with Crippen LogP contribution in [0.3, 0.4) is 0 Å². The maximum atomic E-state index is 11.0. The summed E-state index contributed by atoms with van der Waals surface area (Å²) in [6.07, 6.45) is -2.94. The normalized spacial score (nSPS) is 37.4. The van der Waals surface area contributed by atoms with Crippen LogP contribution in [-0.4, -0.2) is 47.9 Å². The van der Waals surface area contributed by atoms with Gasteiger partial charge in [0.1, 0.15) is 12.2 Å². The molecule has 2 heterocycles. The third-order valence-electron chi connectivity index (χ3n) is 2.27. The highest BCUT2D eigenvalue weighted by Crippen LogP contribution is 2.34. The minimum Gasteiger partial charge on any atom is -0.451 e. The van der Waals surface area contributed by atoms with Crippen molar-refractivity contribution in [1.82, 2.24) is 0 Å². The first kappa shape index (κ1) is 9.53. The molecular formula is C7H9NO6. The van der Waals surface area contributed by atoms with Gasteiger partial charge in [0, 0.05) is 0 Å². The smallest absolute Gasteiger partial charge is 0.378 e. The van der Waals surface area contributed by atoms with Crippen LogP contribution in [0.25, 0.3) is 0 Å². The highest BCUT2D eigenvalue weighted by Gasteiger charge is 2.60. The Morgan fingerprint density at radius 3 is 2.86 bits per heavy atom. The number of cyclic esters (lactones) is 1. The Hall–Kier alpha value is -1.02. The number of carbonyl (C=O) groups is 2. The number of hydrogen-bond donors (Lipinski definition) is 2. The third kappa shape index (κ3) is 1.30. The molecule has 3 N–H and O–H groups in total. The molecule has 0 saturated carbocycles. The van der Waals surface area contributed by atoms with Crippen LogP contribution >= 0.6 is 0 Å². The first-order valence-corrected chi connectivity index (χ1v) is 4.05. The Bertz CT molecular complexity index is 275. The molecule has 2 aliphatic heterocycles. The Labute approximate surface area is 78.7 Å². The number of ether oxygens (including phenoxy) is 2. The van der Waals surface area contributed by atoms with E-state index in [1.165, 1.54) is 0 Å². The molecule has 2 aliphatic rings. The van der Waals surface area contributed by atoms with Crippen molar-refractivity contribution < 1.29 is 29.0 Å². The SMILES string of the molecule is NOC(CO)C1OC(=O)C(=O)C2OC21. The van der Waals surface area contributed by atoms with Gasteiger partial charge in [0.15, 0.2) is 12.2 Å². The minimum atomic E-state index is -0.968. The van der Waals surface area contributed by atoms with E-state index in [2.05, 4.69) is 4.84 Å². The molecule has 0 radical (unpaired) electrons. The number of ketones is 1. The van der Waals surface area contributed by atoms with Crippen molar-refractivity contribution in [1.29, 1.82) is 0 Å². The fourth-order valence-corrected chi connectivity index (χ4v) is 1.46. The molecule has 7 nitrogen and oxygen atoms in total. The van der Waals surface area contributed by atoms with Crippen molar-refractivity contribution in [3.05, 3.63) is 0 Å². The lowest BCUT2D eigenvalue weighted by Gasteiger charge is -2.23. The van der Waals surface area contributed by atoms with Crippen LogP contribution in [0, 0.1) is 0 Å². The lowest BCUT2D eigenvalue weighted by molar-refractivity contribution is -0.170. The molecule has 0 spiro atoms. The number of Topliss-reactive ketones (excluding diaryl/α,β-unsaturated/α-hetero) is 1. The average Bonchev–Trinajstić information content (AvgIpc) is 2.95. The van der Waals surface area contributed by atoms with E-state index in [9.17, 15) is 9.59 Å². The van der Waals surface area contributed by atoms with Gasteiger partial charge in [-0.1, -0.05) is 0 Å². The molecule has 0 aromatic heterocycles. The van der Waals surface area contributed by atoms with E-state index in [-0.39, 0.29) is 0 Å². The summed E-state index contributed by atoms with van der Waals surface area (Å²) in [4.78, 5) is 26.3. The number of epoxide rings is 1. The lowest BCUT2D eigenvalue weighted by Crippen LogP contribution is -2.48. The van der Waals surface area contributed by atoms with Gasteiger partial charge < -0.3 is 14.6 Å². The molecule has 4 atom stereocenters. The second-order valence-electron chi connectivity index (χ2n) is 3.11. The van der Waals surface area contributed by atoms with E-state index in [4.69, 9.17) is 20.5 Å². The molecule has 0 aromatic rings. The topological polar surface area (TPSA) is 111 Å². The van der Waals surface area contributed by atoms with Crippen LogP contribution in [0.2, 0.25) is 0 Å². The number of esters is 1. The number of fused-ring (bicyclic) bond motifs is 1. The Balaban J connectivity index is 2.08. The fraction of sp³-hybridized carbons (Fsp3) is 0.714. The Kier molecular flexibility index (Phi) is 2.23. The van der Waals surface area contributed by atoms with Gasteiger partial charge in [-0.2, -0.15) is 0 Å². The summed E-state index contributed by atoms with van der Waals surface area (Å²) >= 11 is 0. The van der Waals surface area contributed by atoms with Gasteiger partial charge in [-0.25, -0.2) is 10.7 Å². The number of aliphatic hydroxyl groups excluding tert-OH is 1. The van der Waals surface area contributed by atoms with Crippen LogP contribution < -0.4 is 5.90 Å².